The smallest absolute Gasteiger partial charge is 0.157 e. The fourth-order valence-corrected chi connectivity index (χ4v) is 4.85. The Labute approximate surface area is 165 Å². The third kappa shape index (κ3) is 4.24. The van der Waals surface area contributed by atoms with E-state index in [1.54, 1.807) is 0 Å². The van der Waals surface area contributed by atoms with E-state index in [-0.39, 0.29) is 56.5 Å². The second-order valence-corrected chi connectivity index (χ2v) is 7.30. The number of aliphatic hydroxyl groups is 1. The molecule has 3 nitrogen and oxygen atoms in total. The fourth-order valence-electron chi connectivity index (χ4n) is 4.85. The second-order valence-electron chi connectivity index (χ2n) is 7.30. The van der Waals surface area contributed by atoms with Gasteiger partial charge in [-0.3, -0.25) is 0 Å². The van der Waals surface area contributed by atoms with E-state index < -0.39 is 0 Å². The van der Waals surface area contributed by atoms with Gasteiger partial charge in [-0.1, -0.05) is 13.8 Å². The summed E-state index contributed by atoms with van der Waals surface area (Å²) in [6.07, 6.45) is 6.37. The fraction of sp³-hybridized carbons (Fsp3) is 1.00. The van der Waals surface area contributed by atoms with Crippen LogP contribution in [-0.2, 0) is 9.47 Å². The van der Waals surface area contributed by atoms with Crippen molar-refractivity contribution >= 4 is 0 Å². The molecule has 1 saturated heterocycles. The van der Waals surface area contributed by atoms with Gasteiger partial charge in [-0.15, -0.1) is 0 Å². The molecule has 4 heteroatoms. The van der Waals surface area contributed by atoms with Crippen LogP contribution in [0.2, 0.25) is 0 Å². The SMILES string of the molecule is CC1C2CC(C(O)CCCC3OCCCO3)C(C2)C1C.[Ac]. The van der Waals surface area contributed by atoms with Crippen molar-refractivity contribution in [3.05, 3.63) is 0 Å². The first-order valence-corrected chi connectivity index (χ1v) is 8.58. The first kappa shape index (κ1) is 18.7. The van der Waals surface area contributed by atoms with Crippen molar-refractivity contribution in [3.63, 3.8) is 0 Å². The summed E-state index contributed by atoms with van der Waals surface area (Å²) >= 11 is 0. The Hall–Kier alpha value is 1.32. The molecule has 1 aliphatic heterocycles. The number of hydrogen-bond donors (Lipinski definition) is 1. The van der Waals surface area contributed by atoms with E-state index in [0.29, 0.717) is 5.92 Å². The molecule has 0 aromatic rings. The molecule has 1 N–H and O–H groups in total. The maximum Gasteiger partial charge on any atom is 0.157 e. The van der Waals surface area contributed by atoms with E-state index >= 15 is 0 Å². The molecule has 3 aliphatic rings. The summed E-state index contributed by atoms with van der Waals surface area (Å²) in [6.45, 7) is 6.44. The van der Waals surface area contributed by atoms with Crippen LogP contribution in [0.4, 0.5) is 0 Å². The summed E-state index contributed by atoms with van der Waals surface area (Å²) < 4.78 is 11.1. The molecule has 6 unspecified atom stereocenters. The van der Waals surface area contributed by atoms with Gasteiger partial charge in [0.15, 0.2) is 6.29 Å². The van der Waals surface area contributed by atoms with Crippen LogP contribution < -0.4 is 0 Å². The summed E-state index contributed by atoms with van der Waals surface area (Å²) in [5, 5.41) is 10.5. The molecule has 3 rings (SSSR count). The Balaban J connectivity index is 0.00000161. The average molecular weight is 509 g/mol. The Morgan fingerprint density at radius 1 is 1.10 bits per heavy atom. The number of ether oxygens (including phenoxy) is 2. The van der Waals surface area contributed by atoms with Crippen LogP contribution in [0.3, 0.4) is 0 Å². The van der Waals surface area contributed by atoms with E-state index in [0.717, 1.165) is 62.6 Å². The van der Waals surface area contributed by atoms with Gasteiger partial charge in [0.1, 0.15) is 0 Å². The first-order chi connectivity index (χ1) is 9.66. The van der Waals surface area contributed by atoms with Crippen molar-refractivity contribution in [1.82, 2.24) is 0 Å². The first-order valence-electron chi connectivity index (χ1n) is 8.58. The molecule has 2 aliphatic carbocycles. The number of fused-ring (bicyclic) bond motifs is 2. The zero-order valence-electron chi connectivity index (χ0n) is 13.5. The van der Waals surface area contributed by atoms with Gasteiger partial charge in [-0.05, 0) is 68.1 Å². The van der Waals surface area contributed by atoms with Crippen molar-refractivity contribution in [2.45, 2.75) is 64.8 Å². The summed E-state index contributed by atoms with van der Waals surface area (Å²) in [5.74, 6) is 3.87. The van der Waals surface area contributed by atoms with Crippen molar-refractivity contribution in [2.24, 2.45) is 29.6 Å². The normalized spacial score (nSPS) is 41.0. The molecule has 21 heavy (non-hydrogen) atoms. The van der Waals surface area contributed by atoms with Gasteiger partial charge >= 0.3 is 0 Å². The number of hydrogen-bond acceptors (Lipinski definition) is 3. The summed E-state index contributed by atoms with van der Waals surface area (Å²) in [4.78, 5) is 0. The molecule has 1 radical (unpaired) electrons. The molecule has 119 valence electrons. The van der Waals surface area contributed by atoms with Gasteiger partial charge in [0.2, 0.25) is 0 Å². The predicted molar refractivity (Wildman–Crippen MR) is 78.2 cm³/mol. The average Bonchev–Trinajstić information content (AvgIpc) is 3.01. The third-order valence-electron chi connectivity index (χ3n) is 6.28. The molecule has 3 fully saturated rings. The molecule has 2 saturated carbocycles. The van der Waals surface area contributed by atoms with Crippen molar-refractivity contribution in [3.8, 4) is 0 Å². The summed E-state index contributed by atoms with van der Waals surface area (Å²) in [7, 11) is 0. The minimum absolute atomic E-state index is 0. The summed E-state index contributed by atoms with van der Waals surface area (Å²) in [6, 6.07) is 0. The van der Waals surface area contributed by atoms with Crippen LogP contribution in [0.15, 0.2) is 0 Å². The van der Waals surface area contributed by atoms with Crippen LogP contribution >= 0.6 is 0 Å². The standard InChI is InChI=1S/C17H30O3.Ac/c1-11-12(2)14-9-13(11)10-15(14)16(18)5-3-6-17-19-7-4-8-20-17;/h11-18H,3-10H2,1-2H3;. The van der Waals surface area contributed by atoms with Crippen molar-refractivity contribution in [2.75, 3.05) is 13.2 Å². The van der Waals surface area contributed by atoms with Crippen molar-refractivity contribution < 1.29 is 58.6 Å². The molecule has 0 spiro atoms. The molecule has 0 aromatic carbocycles. The van der Waals surface area contributed by atoms with E-state index in [4.69, 9.17) is 9.47 Å². The van der Waals surface area contributed by atoms with E-state index in [2.05, 4.69) is 13.8 Å². The molecule has 0 amide bonds. The molecular formula is C17H30AcO3. The van der Waals surface area contributed by atoms with Crippen LogP contribution in [0.5, 0.6) is 0 Å². The van der Waals surface area contributed by atoms with Crippen LogP contribution in [0, 0.1) is 73.7 Å². The van der Waals surface area contributed by atoms with Crippen molar-refractivity contribution in [1.29, 1.82) is 0 Å². The van der Waals surface area contributed by atoms with Gasteiger partial charge in [-0.25, -0.2) is 0 Å². The van der Waals surface area contributed by atoms with Crippen LogP contribution in [-0.4, -0.2) is 30.7 Å². The molecule has 1 heterocycles. The van der Waals surface area contributed by atoms with Gasteiger partial charge in [0.25, 0.3) is 0 Å². The molecule has 2 bridgehead atoms. The Morgan fingerprint density at radius 2 is 1.81 bits per heavy atom. The monoisotopic (exact) mass is 509 g/mol. The predicted octanol–water partition coefficient (Wildman–Crippen LogP) is 3.21. The van der Waals surface area contributed by atoms with Crippen LogP contribution in [0.25, 0.3) is 0 Å². The zero-order chi connectivity index (χ0) is 14.1. The third-order valence-corrected chi connectivity index (χ3v) is 6.28. The van der Waals surface area contributed by atoms with Gasteiger partial charge in [-0.2, -0.15) is 0 Å². The Morgan fingerprint density at radius 3 is 2.43 bits per heavy atom. The number of aliphatic hydroxyl groups excluding tert-OH is 1. The maximum absolute atomic E-state index is 10.5. The minimum Gasteiger partial charge on any atom is -0.393 e. The molecular weight excluding hydrogens is 479 g/mol. The van der Waals surface area contributed by atoms with E-state index in [1.165, 1.54) is 12.8 Å². The van der Waals surface area contributed by atoms with Crippen LogP contribution in [0.1, 0.15) is 52.4 Å². The molecule has 6 atom stereocenters. The summed E-state index contributed by atoms with van der Waals surface area (Å²) in [5.41, 5.74) is 0. The Bertz CT molecular complexity index is 317. The van der Waals surface area contributed by atoms with Gasteiger partial charge in [0, 0.05) is 44.1 Å². The topological polar surface area (TPSA) is 38.7 Å². The van der Waals surface area contributed by atoms with Gasteiger partial charge in [0.05, 0.1) is 19.3 Å². The quantitative estimate of drug-likeness (QED) is 0.619. The number of rotatable bonds is 5. The van der Waals surface area contributed by atoms with E-state index in [1.807, 2.05) is 0 Å². The zero-order valence-corrected chi connectivity index (χ0v) is 18.3. The Kier molecular flexibility index (Phi) is 7.49. The van der Waals surface area contributed by atoms with Gasteiger partial charge < -0.3 is 14.6 Å². The second kappa shape index (κ2) is 8.43. The largest absolute Gasteiger partial charge is 0.393 e. The van der Waals surface area contributed by atoms with E-state index in [9.17, 15) is 5.11 Å². The molecule has 0 aromatic heterocycles. The minimum atomic E-state index is -0.108. The maximum atomic E-state index is 10.5.